The van der Waals surface area contributed by atoms with Crippen LogP contribution in [0.3, 0.4) is 0 Å². The maximum absolute atomic E-state index is 13.1. The van der Waals surface area contributed by atoms with Gasteiger partial charge in [-0.3, -0.25) is 0 Å². The van der Waals surface area contributed by atoms with Crippen LogP contribution in [0.15, 0.2) is 18.3 Å². The van der Waals surface area contributed by atoms with Crippen molar-refractivity contribution in [1.29, 1.82) is 5.26 Å². The van der Waals surface area contributed by atoms with Crippen LogP contribution in [0.1, 0.15) is 17.7 Å². The second-order valence-corrected chi connectivity index (χ2v) is 3.01. The van der Waals surface area contributed by atoms with E-state index in [1.165, 1.54) is 12.3 Å². The van der Waals surface area contributed by atoms with Crippen molar-refractivity contribution in [3.63, 3.8) is 0 Å². The summed E-state index contributed by atoms with van der Waals surface area (Å²) in [6.45, 7) is 0.878. The summed E-state index contributed by atoms with van der Waals surface area (Å²) in [5, 5.41) is 11.5. The summed E-state index contributed by atoms with van der Waals surface area (Å²) in [7, 11) is 1.87. The zero-order chi connectivity index (χ0) is 11.1. The van der Waals surface area contributed by atoms with E-state index in [1.54, 1.807) is 12.1 Å². The fourth-order valence-corrected chi connectivity index (χ4v) is 1.07. The molecule has 0 spiro atoms. The van der Waals surface area contributed by atoms with E-state index in [4.69, 9.17) is 5.26 Å². The van der Waals surface area contributed by atoms with Crippen molar-refractivity contribution in [2.75, 3.05) is 13.6 Å². The highest BCUT2D eigenvalue weighted by molar-refractivity contribution is 5.48. The van der Waals surface area contributed by atoms with E-state index in [0.29, 0.717) is 5.56 Å². The van der Waals surface area contributed by atoms with E-state index in [1.807, 2.05) is 13.1 Å². The molecule has 15 heavy (non-hydrogen) atoms. The van der Waals surface area contributed by atoms with Gasteiger partial charge in [0.1, 0.15) is 6.07 Å². The smallest absolute Gasteiger partial charge is 0.176 e. The molecule has 0 amide bonds. The molecule has 78 valence electrons. The van der Waals surface area contributed by atoms with Gasteiger partial charge in [0.25, 0.3) is 0 Å². The molecule has 1 aromatic heterocycles. The fourth-order valence-electron chi connectivity index (χ4n) is 1.07. The third kappa shape index (κ3) is 3.49. The van der Waals surface area contributed by atoms with Gasteiger partial charge in [-0.2, -0.15) is 5.26 Å². The SMILES string of the molecule is CNCCC=Cc1cnc(C#N)c(F)c1. The number of pyridine rings is 1. The molecule has 0 radical (unpaired) electrons. The van der Waals surface area contributed by atoms with Gasteiger partial charge >= 0.3 is 0 Å². The lowest BCUT2D eigenvalue weighted by atomic mass is 10.2. The Morgan fingerprint density at radius 3 is 3.07 bits per heavy atom. The van der Waals surface area contributed by atoms with Gasteiger partial charge in [-0.05, 0) is 31.6 Å². The first-order valence-electron chi connectivity index (χ1n) is 4.64. The van der Waals surface area contributed by atoms with Gasteiger partial charge in [0.2, 0.25) is 0 Å². The van der Waals surface area contributed by atoms with Crippen LogP contribution < -0.4 is 5.32 Å². The molecule has 0 atom stereocenters. The number of nitriles is 1. The number of nitrogens with one attached hydrogen (secondary N) is 1. The van der Waals surface area contributed by atoms with Crippen LogP contribution in [0.2, 0.25) is 0 Å². The number of nitrogens with zero attached hydrogens (tertiary/aromatic N) is 2. The van der Waals surface area contributed by atoms with Crippen molar-refractivity contribution in [2.24, 2.45) is 0 Å². The Morgan fingerprint density at radius 2 is 2.47 bits per heavy atom. The molecule has 1 aromatic rings. The Hall–Kier alpha value is -1.73. The lowest BCUT2D eigenvalue weighted by molar-refractivity contribution is 0.616. The van der Waals surface area contributed by atoms with E-state index in [-0.39, 0.29) is 5.69 Å². The van der Waals surface area contributed by atoms with Crippen LogP contribution in [0, 0.1) is 17.1 Å². The minimum Gasteiger partial charge on any atom is -0.319 e. The summed E-state index contributed by atoms with van der Waals surface area (Å²) < 4.78 is 13.1. The van der Waals surface area contributed by atoms with Crippen molar-refractivity contribution in [1.82, 2.24) is 10.3 Å². The van der Waals surface area contributed by atoms with E-state index >= 15 is 0 Å². The number of halogens is 1. The van der Waals surface area contributed by atoms with Gasteiger partial charge in [-0.25, -0.2) is 9.37 Å². The van der Waals surface area contributed by atoms with Crippen LogP contribution in [0.4, 0.5) is 4.39 Å². The van der Waals surface area contributed by atoms with Crippen molar-refractivity contribution >= 4 is 6.08 Å². The summed E-state index contributed by atoms with van der Waals surface area (Å²) >= 11 is 0. The van der Waals surface area contributed by atoms with Gasteiger partial charge in [-0.1, -0.05) is 12.2 Å². The van der Waals surface area contributed by atoms with Crippen molar-refractivity contribution in [3.05, 3.63) is 35.4 Å². The van der Waals surface area contributed by atoms with Crippen molar-refractivity contribution in [2.45, 2.75) is 6.42 Å². The Balaban J connectivity index is 2.68. The molecule has 0 aliphatic rings. The van der Waals surface area contributed by atoms with Crippen molar-refractivity contribution < 1.29 is 4.39 Å². The van der Waals surface area contributed by atoms with E-state index in [2.05, 4.69) is 10.3 Å². The molecular formula is C11H12FN3. The zero-order valence-electron chi connectivity index (χ0n) is 8.50. The number of aromatic nitrogens is 1. The average Bonchev–Trinajstić information content (AvgIpc) is 2.25. The highest BCUT2D eigenvalue weighted by Gasteiger charge is 2.01. The summed E-state index contributed by atoms with van der Waals surface area (Å²) in [6.07, 6.45) is 6.07. The molecule has 0 fully saturated rings. The number of hydrogen-bond acceptors (Lipinski definition) is 3. The first-order chi connectivity index (χ1) is 7.27. The maximum Gasteiger partial charge on any atom is 0.176 e. The molecule has 0 bridgehead atoms. The number of rotatable bonds is 4. The minimum atomic E-state index is -0.576. The molecule has 0 aliphatic carbocycles. The van der Waals surface area contributed by atoms with Gasteiger partial charge in [0, 0.05) is 6.20 Å². The molecule has 0 saturated heterocycles. The average molecular weight is 205 g/mol. The summed E-state index contributed by atoms with van der Waals surface area (Å²) in [6, 6.07) is 2.99. The van der Waals surface area contributed by atoms with Crippen LogP contribution in [-0.2, 0) is 0 Å². The topological polar surface area (TPSA) is 48.7 Å². The molecular weight excluding hydrogens is 193 g/mol. The van der Waals surface area contributed by atoms with E-state index < -0.39 is 5.82 Å². The molecule has 3 nitrogen and oxygen atoms in total. The van der Waals surface area contributed by atoms with Crippen LogP contribution in [-0.4, -0.2) is 18.6 Å². The molecule has 1 rings (SSSR count). The third-order valence-corrected chi connectivity index (χ3v) is 1.84. The predicted molar refractivity (Wildman–Crippen MR) is 56.5 cm³/mol. The highest BCUT2D eigenvalue weighted by Crippen LogP contribution is 2.07. The molecule has 0 saturated carbocycles. The lowest BCUT2D eigenvalue weighted by Gasteiger charge is -1.95. The van der Waals surface area contributed by atoms with Gasteiger partial charge in [-0.15, -0.1) is 0 Å². The largest absolute Gasteiger partial charge is 0.319 e. The van der Waals surface area contributed by atoms with E-state index in [9.17, 15) is 4.39 Å². The van der Waals surface area contributed by atoms with Gasteiger partial charge in [0.05, 0.1) is 0 Å². The van der Waals surface area contributed by atoms with Gasteiger partial charge < -0.3 is 5.32 Å². The molecule has 4 heteroatoms. The van der Waals surface area contributed by atoms with Crippen LogP contribution in [0.5, 0.6) is 0 Å². The monoisotopic (exact) mass is 205 g/mol. The summed E-state index contributed by atoms with van der Waals surface area (Å²) in [4.78, 5) is 3.69. The molecule has 0 aromatic carbocycles. The summed E-state index contributed by atoms with van der Waals surface area (Å²) in [5.41, 5.74) is 0.505. The van der Waals surface area contributed by atoms with Crippen molar-refractivity contribution in [3.8, 4) is 6.07 Å². The maximum atomic E-state index is 13.1. The normalized spacial score (nSPS) is 10.5. The molecule has 1 heterocycles. The molecule has 1 N–H and O–H groups in total. The Morgan fingerprint density at radius 1 is 1.67 bits per heavy atom. The zero-order valence-corrected chi connectivity index (χ0v) is 8.50. The number of hydrogen-bond donors (Lipinski definition) is 1. The minimum absolute atomic E-state index is 0.164. The van der Waals surface area contributed by atoms with Crippen LogP contribution >= 0.6 is 0 Å². The van der Waals surface area contributed by atoms with Gasteiger partial charge in [0.15, 0.2) is 11.5 Å². The first kappa shape index (κ1) is 11.3. The molecule has 0 unspecified atom stereocenters. The second-order valence-electron chi connectivity index (χ2n) is 3.01. The van der Waals surface area contributed by atoms with E-state index in [0.717, 1.165) is 13.0 Å². The first-order valence-corrected chi connectivity index (χ1v) is 4.64. The predicted octanol–water partition coefficient (Wildman–Crippen LogP) is 1.72. The quantitative estimate of drug-likeness (QED) is 0.761. The standard InChI is InChI=1S/C11H12FN3/c1-14-5-3-2-4-9-6-10(12)11(7-13)15-8-9/h2,4,6,8,14H,3,5H2,1H3. The lowest BCUT2D eigenvalue weighted by Crippen LogP contribution is -2.05. The highest BCUT2D eigenvalue weighted by atomic mass is 19.1. The second kappa shape index (κ2) is 5.89. The Kier molecular flexibility index (Phi) is 4.45. The Labute approximate surface area is 88.3 Å². The van der Waals surface area contributed by atoms with Crippen LogP contribution in [0.25, 0.3) is 6.08 Å². The fraction of sp³-hybridized carbons (Fsp3) is 0.273. The molecule has 0 aliphatic heterocycles. The summed E-state index contributed by atoms with van der Waals surface area (Å²) in [5.74, 6) is -0.576. The Bertz CT molecular complexity index is 393. The third-order valence-electron chi connectivity index (χ3n) is 1.84.